The summed E-state index contributed by atoms with van der Waals surface area (Å²) >= 11 is 0. The second-order valence-corrected chi connectivity index (χ2v) is 3.48. The minimum absolute atomic E-state index is 0.244. The lowest BCUT2D eigenvalue weighted by Crippen LogP contribution is -1.97. The van der Waals surface area contributed by atoms with Gasteiger partial charge in [0.25, 0.3) is 0 Å². The van der Waals surface area contributed by atoms with Crippen LogP contribution in [0.25, 0.3) is 0 Å². The Morgan fingerprint density at radius 2 is 2.27 bits per heavy atom. The van der Waals surface area contributed by atoms with E-state index in [9.17, 15) is 0 Å². The third-order valence-electron chi connectivity index (χ3n) is 2.24. The molecule has 0 radical (unpaired) electrons. The molecule has 0 fully saturated rings. The molecule has 1 rings (SSSR count). The highest BCUT2D eigenvalue weighted by Crippen LogP contribution is 2.24. The fraction of sp³-hybridized carbons (Fsp3) is 0.308. The van der Waals surface area contributed by atoms with E-state index in [1.165, 1.54) is 0 Å². The molecule has 0 saturated heterocycles. The van der Waals surface area contributed by atoms with Crippen molar-refractivity contribution >= 4 is 0 Å². The Hall–Kier alpha value is -1.57. The molecule has 2 heteroatoms. The molecule has 0 N–H and O–H groups in total. The summed E-state index contributed by atoms with van der Waals surface area (Å²) in [7, 11) is 1.62. The lowest BCUT2D eigenvalue weighted by atomic mass is 9.94. The molecule has 0 unspecified atom stereocenters. The van der Waals surface area contributed by atoms with Gasteiger partial charge in [0.05, 0.1) is 7.11 Å². The molecule has 1 atom stereocenters. The second kappa shape index (κ2) is 5.35. The zero-order chi connectivity index (χ0) is 11.3. The summed E-state index contributed by atoms with van der Waals surface area (Å²) < 4.78 is 5.02. The van der Waals surface area contributed by atoms with E-state index in [0.29, 0.717) is 5.88 Å². The van der Waals surface area contributed by atoms with E-state index >= 15 is 0 Å². The Balaban J connectivity index is 2.96. The van der Waals surface area contributed by atoms with E-state index in [-0.39, 0.29) is 5.92 Å². The molecule has 1 aromatic rings. The maximum Gasteiger partial charge on any atom is 0.212 e. The largest absolute Gasteiger partial charge is 0.481 e. The number of pyridine rings is 1. The maximum absolute atomic E-state index is 5.02. The van der Waals surface area contributed by atoms with Gasteiger partial charge in [0.1, 0.15) is 0 Å². The first-order valence-electron chi connectivity index (χ1n) is 4.97. The number of ether oxygens (including phenoxy) is 1. The third-order valence-corrected chi connectivity index (χ3v) is 2.24. The monoisotopic (exact) mass is 203 g/mol. The fourth-order valence-corrected chi connectivity index (χ4v) is 1.45. The lowest BCUT2D eigenvalue weighted by molar-refractivity contribution is 0.397. The smallest absolute Gasteiger partial charge is 0.212 e. The van der Waals surface area contributed by atoms with Crippen molar-refractivity contribution in [2.75, 3.05) is 7.11 Å². The molecule has 1 aromatic heterocycles. The summed E-state index contributed by atoms with van der Waals surface area (Å²) in [5.74, 6) is 0.882. The molecule has 2 nitrogen and oxygen atoms in total. The average Bonchev–Trinajstić information content (AvgIpc) is 2.26. The molecule has 0 amide bonds. The minimum Gasteiger partial charge on any atom is -0.481 e. The van der Waals surface area contributed by atoms with Gasteiger partial charge in [-0.05, 0) is 19.4 Å². The van der Waals surface area contributed by atoms with Gasteiger partial charge in [-0.15, -0.1) is 0 Å². The van der Waals surface area contributed by atoms with Gasteiger partial charge in [-0.1, -0.05) is 30.4 Å². The zero-order valence-corrected chi connectivity index (χ0v) is 9.53. The van der Waals surface area contributed by atoms with Crippen LogP contribution in [0, 0.1) is 0 Å². The van der Waals surface area contributed by atoms with Crippen molar-refractivity contribution in [2.24, 2.45) is 0 Å². The van der Waals surface area contributed by atoms with E-state index in [1.54, 1.807) is 7.11 Å². The van der Waals surface area contributed by atoms with Crippen LogP contribution in [0.3, 0.4) is 0 Å². The highest BCUT2D eigenvalue weighted by Gasteiger charge is 2.08. The molecule has 0 spiro atoms. The summed E-state index contributed by atoms with van der Waals surface area (Å²) in [5, 5.41) is 0. The number of aromatic nitrogens is 1. The van der Waals surface area contributed by atoms with Crippen molar-refractivity contribution in [3.8, 4) is 5.88 Å². The molecule has 0 saturated carbocycles. The van der Waals surface area contributed by atoms with Gasteiger partial charge in [-0.2, -0.15) is 0 Å². The van der Waals surface area contributed by atoms with Crippen molar-refractivity contribution in [3.05, 3.63) is 48.2 Å². The van der Waals surface area contributed by atoms with Crippen LogP contribution >= 0.6 is 0 Å². The van der Waals surface area contributed by atoms with E-state index in [1.807, 2.05) is 38.3 Å². The molecule has 0 aliphatic rings. The van der Waals surface area contributed by atoms with Crippen molar-refractivity contribution in [2.45, 2.75) is 19.8 Å². The van der Waals surface area contributed by atoms with Crippen LogP contribution in [0.1, 0.15) is 25.3 Å². The van der Waals surface area contributed by atoms with Crippen LogP contribution < -0.4 is 4.74 Å². The van der Waals surface area contributed by atoms with Crippen LogP contribution in [0.5, 0.6) is 5.88 Å². The molecule has 1 heterocycles. The molecule has 0 aromatic carbocycles. The predicted molar refractivity (Wildman–Crippen MR) is 63.2 cm³/mol. The van der Waals surface area contributed by atoms with Gasteiger partial charge in [-0.3, -0.25) is 0 Å². The van der Waals surface area contributed by atoms with Crippen LogP contribution in [0.2, 0.25) is 0 Å². The van der Waals surface area contributed by atoms with Crippen LogP contribution in [-0.4, -0.2) is 12.1 Å². The Bertz CT molecular complexity index is 351. The number of methoxy groups -OCH3 is 1. The van der Waals surface area contributed by atoms with Crippen molar-refractivity contribution in [1.82, 2.24) is 4.98 Å². The molecule has 0 bridgehead atoms. The van der Waals surface area contributed by atoms with Crippen LogP contribution in [0.4, 0.5) is 0 Å². The topological polar surface area (TPSA) is 22.1 Å². The number of hydrogen-bond acceptors (Lipinski definition) is 2. The normalized spacial score (nSPS) is 12.7. The highest BCUT2D eigenvalue weighted by atomic mass is 16.5. The Morgan fingerprint density at radius 3 is 2.67 bits per heavy atom. The standard InChI is InChI=1S/C13H17NO/c1-5-6-12(10(2)3)11-7-8-13(15-4)14-9-11/h5-9,12H,2H2,1,3-4H3/b6-5-/t12-/m0/s1. The van der Waals surface area contributed by atoms with Crippen molar-refractivity contribution in [3.63, 3.8) is 0 Å². The third kappa shape index (κ3) is 2.94. The first kappa shape index (κ1) is 11.5. The molecular formula is C13H17NO. The number of allylic oxidation sites excluding steroid dienone is 3. The van der Waals surface area contributed by atoms with Gasteiger partial charge < -0.3 is 4.74 Å². The molecule has 0 aliphatic carbocycles. The summed E-state index contributed by atoms with van der Waals surface area (Å²) in [4.78, 5) is 4.19. The first-order chi connectivity index (χ1) is 7.19. The molecule has 15 heavy (non-hydrogen) atoms. The minimum atomic E-state index is 0.244. The summed E-state index contributed by atoms with van der Waals surface area (Å²) in [6.45, 7) is 8.01. The SMILES string of the molecule is C=C(C)[C@H](/C=C\C)c1ccc(OC)nc1. The number of rotatable bonds is 4. The summed E-state index contributed by atoms with van der Waals surface area (Å²) in [6.07, 6.45) is 5.98. The van der Waals surface area contributed by atoms with Gasteiger partial charge >= 0.3 is 0 Å². The first-order valence-corrected chi connectivity index (χ1v) is 4.97. The average molecular weight is 203 g/mol. The Labute approximate surface area is 91.3 Å². The summed E-state index contributed by atoms with van der Waals surface area (Å²) in [6, 6.07) is 3.89. The number of hydrogen-bond donors (Lipinski definition) is 0. The van der Waals surface area contributed by atoms with Crippen molar-refractivity contribution < 1.29 is 4.74 Å². The Kier molecular flexibility index (Phi) is 4.10. The highest BCUT2D eigenvalue weighted by molar-refractivity contribution is 5.31. The second-order valence-electron chi connectivity index (χ2n) is 3.48. The summed E-state index contributed by atoms with van der Waals surface area (Å²) in [5.41, 5.74) is 2.25. The molecule has 80 valence electrons. The van der Waals surface area contributed by atoms with E-state index in [4.69, 9.17) is 4.74 Å². The van der Waals surface area contributed by atoms with Crippen molar-refractivity contribution in [1.29, 1.82) is 0 Å². The molecular weight excluding hydrogens is 186 g/mol. The van der Waals surface area contributed by atoms with Crippen LogP contribution in [0.15, 0.2) is 42.6 Å². The quantitative estimate of drug-likeness (QED) is 0.700. The van der Waals surface area contributed by atoms with Gasteiger partial charge in [0.15, 0.2) is 0 Å². The number of nitrogens with zero attached hydrogens (tertiary/aromatic N) is 1. The zero-order valence-electron chi connectivity index (χ0n) is 9.53. The predicted octanol–water partition coefficient (Wildman–Crippen LogP) is 3.33. The molecule has 0 aliphatic heterocycles. The van der Waals surface area contributed by atoms with Crippen LogP contribution in [-0.2, 0) is 0 Å². The maximum atomic E-state index is 5.02. The van der Waals surface area contributed by atoms with E-state index in [0.717, 1.165) is 11.1 Å². The van der Waals surface area contributed by atoms with E-state index in [2.05, 4.69) is 17.6 Å². The van der Waals surface area contributed by atoms with Gasteiger partial charge in [0.2, 0.25) is 5.88 Å². The van der Waals surface area contributed by atoms with Gasteiger partial charge in [-0.25, -0.2) is 4.98 Å². The fourth-order valence-electron chi connectivity index (χ4n) is 1.45. The van der Waals surface area contributed by atoms with Gasteiger partial charge in [0, 0.05) is 18.2 Å². The lowest BCUT2D eigenvalue weighted by Gasteiger charge is -2.12. The van der Waals surface area contributed by atoms with E-state index < -0.39 is 0 Å². The Morgan fingerprint density at radius 1 is 1.53 bits per heavy atom.